The van der Waals surface area contributed by atoms with Gasteiger partial charge in [-0.1, -0.05) is 13.8 Å². The van der Waals surface area contributed by atoms with Crippen molar-refractivity contribution in [1.29, 1.82) is 0 Å². The molecule has 5 N–H and O–H groups in total. The number of carbonyl (C=O) groups excluding carboxylic acids is 3. The monoisotopic (exact) mass is 231 g/mol. The molecule has 92 valence electrons. The molecule has 16 heavy (non-hydrogen) atoms. The van der Waals surface area contributed by atoms with Gasteiger partial charge in [-0.05, 0) is 5.92 Å². The summed E-state index contributed by atoms with van der Waals surface area (Å²) in [6, 6.07) is -1.13. The number of carbonyl (C=O) groups is 3. The van der Waals surface area contributed by atoms with Crippen molar-refractivity contribution >= 4 is 17.9 Å². The lowest BCUT2D eigenvalue weighted by Crippen LogP contribution is -2.46. The van der Waals surface area contributed by atoms with Crippen LogP contribution in [0.25, 0.3) is 0 Å². The van der Waals surface area contributed by atoms with Crippen LogP contribution in [0.5, 0.6) is 0 Å². The smallest absolute Gasteiger partial charge is 0.407 e. The van der Waals surface area contributed by atoms with E-state index < -0.39 is 23.9 Å². The van der Waals surface area contributed by atoms with Crippen molar-refractivity contribution in [3.63, 3.8) is 0 Å². The van der Waals surface area contributed by atoms with E-state index >= 15 is 0 Å². The van der Waals surface area contributed by atoms with Gasteiger partial charge in [0.2, 0.25) is 11.8 Å². The number of primary amides is 2. The molecule has 3 amide bonds. The average molecular weight is 231 g/mol. The summed E-state index contributed by atoms with van der Waals surface area (Å²) in [7, 11) is 0. The van der Waals surface area contributed by atoms with Gasteiger partial charge in [0, 0.05) is 0 Å². The summed E-state index contributed by atoms with van der Waals surface area (Å²) in [5.41, 5.74) is 9.86. The molecule has 0 heterocycles. The van der Waals surface area contributed by atoms with E-state index in [1.54, 1.807) is 0 Å². The Hall–Kier alpha value is -1.79. The number of amides is 3. The molecule has 0 spiro atoms. The molecule has 0 unspecified atom stereocenters. The second-order valence-electron chi connectivity index (χ2n) is 3.76. The fourth-order valence-corrected chi connectivity index (χ4v) is 0.850. The summed E-state index contributed by atoms with van der Waals surface area (Å²) in [5.74, 6) is -1.39. The number of hydrogen-bond donors (Lipinski definition) is 3. The third-order valence-corrected chi connectivity index (χ3v) is 1.59. The number of nitrogens with two attached hydrogens (primary N) is 2. The Balaban J connectivity index is 4.13. The van der Waals surface area contributed by atoms with Gasteiger partial charge in [-0.3, -0.25) is 9.59 Å². The van der Waals surface area contributed by atoms with Gasteiger partial charge in [0.1, 0.15) is 6.04 Å². The normalized spacial score (nSPS) is 11.9. The molecule has 0 aromatic heterocycles. The largest absolute Gasteiger partial charge is 0.449 e. The molecule has 0 fully saturated rings. The molecule has 1 atom stereocenters. The lowest BCUT2D eigenvalue weighted by atomic mass is 10.2. The Bertz CT molecular complexity index is 278. The van der Waals surface area contributed by atoms with Gasteiger partial charge < -0.3 is 21.5 Å². The molecule has 7 heteroatoms. The van der Waals surface area contributed by atoms with Crippen molar-refractivity contribution in [3.8, 4) is 0 Å². The molecule has 0 aliphatic rings. The molecule has 0 saturated carbocycles. The lowest BCUT2D eigenvalue weighted by Gasteiger charge is -2.14. The van der Waals surface area contributed by atoms with E-state index in [0.717, 1.165) is 0 Å². The third-order valence-electron chi connectivity index (χ3n) is 1.59. The molecule has 0 aromatic carbocycles. The molecular formula is C9H17N3O4. The van der Waals surface area contributed by atoms with Crippen LogP contribution in [-0.2, 0) is 14.3 Å². The first-order valence-corrected chi connectivity index (χ1v) is 4.83. The van der Waals surface area contributed by atoms with Crippen molar-refractivity contribution in [2.24, 2.45) is 17.4 Å². The predicted octanol–water partition coefficient (Wildman–Crippen LogP) is -0.902. The van der Waals surface area contributed by atoms with E-state index in [2.05, 4.69) is 5.32 Å². The molecular weight excluding hydrogens is 214 g/mol. The molecule has 0 saturated heterocycles. The number of ether oxygens (including phenoxy) is 1. The Morgan fingerprint density at radius 1 is 1.25 bits per heavy atom. The SMILES string of the molecule is CC(C)COC(=O)N[C@@H](CC(N)=O)C(N)=O. The first-order chi connectivity index (χ1) is 7.32. The highest BCUT2D eigenvalue weighted by Crippen LogP contribution is 1.95. The summed E-state index contributed by atoms with van der Waals surface area (Å²) in [5, 5.41) is 2.17. The lowest BCUT2D eigenvalue weighted by molar-refractivity contribution is -0.125. The zero-order valence-corrected chi connectivity index (χ0v) is 9.36. The molecule has 0 aromatic rings. The van der Waals surface area contributed by atoms with Crippen LogP contribution in [0.3, 0.4) is 0 Å². The average Bonchev–Trinajstić information content (AvgIpc) is 2.12. The van der Waals surface area contributed by atoms with E-state index in [1.807, 2.05) is 13.8 Å². The van der Waals surface area contributed by atoms with Crippen molar-refractivity contribution in [2.75, 3.05) is 6.61 Å². The molecule has 0 aliphatic carbocycles. The Kier molecular flexibility index (Phi) is 5.91. The van der Waals surface area contributed by atoms with Crippen molar-refractivity contribution in [1.82, 2.24) is 5.32 Å². The quantitative estimate of drug-likeness (QED) is 0.547. The topological polar surface area (TPSA) is 125 Å². The highest BCUT2D eigenvalue weighted by atomic mass is 16.5. The van der Waals surface area contributed by atoms with Gasteiger partial charge in [-0.2, -0.15) is 0 Å². The fourth-order valence-electron chi connectivity index (χ4n) is 0.850. The zero-order chi connectivity index (χ0) is 12.7. The third kappa shape index (κ3) is 6.63. The zero-order valence-electron chi connectivity index (χ0n) is 9.36. The first-order valence-electron chi connectivity index (χ1n) is 4.83. The van der Waals surface area contributed by atoms with Crippen molar-refractivity contribution in [3.05, 3.63) is 0 Å². The summed E-state index contributed by atoms with van der Waals surface area (Å²) >= 11 is 0. The van der Waals surface area contributed by atoms with Crippen molar-refractivity contribution < 1.29 is 19.1 Å². The number of alkyl carbamates (subject to hydrolysis) is 1. The molecule has 0 aliphatic heterocycles. The van der Waals surface area contributed by atoms with Crippen LogP contribution in [0.4, 0.5) is 4.79 Å². The summed E-state index contributed by atoms with van der Waals surface area (Å²) in [6.45, 7) is 3.94. The Morgan fingerprint density at radius 3 is 2.19 bits per heavy atom. The number of rotatable bonds is 6. The van der Waals surface area contributed by atoms with Crippen LogP contribution in [0, 0.1) is 5.92 Å². The Labute approximate surface area is 93.5 Å². The first kappa shape index (κ1) is 14.2. The summed E-state index contributed by atoms with van der Waals surface area (Å²) in [6.07, 6.45) is -1.13. The van der Waals surface area contributed by atoms with Crippen LogP contribution in [0.2, 0.25) is 0 Å². The molecule has 7 nitrogen and oxygen atoms in total. The summed E-state index contributed by atoms with van der Waals surface area (Å²) < 4.78 is 4.76. The van der Waals surface area contributed by atoms with E-state index in [0.29, 0.717) is 0 Å². The molecule has 0 rings (SSSR count). The minimum Gasteiger partial charge on any atom is -0.449 e. The van der Waals surface area contributed by atoms with Crippen LogP contribution in [0.15, 0.2) is 0 Å². The second-order valence-corrected chi connectivity index (χ2v) is 3.76. The second kappa shape index (κ2) is 6.65. The van der Waals surface area contributed by atoms with Gasteiger partial charge in [0.15, 0.2) is 0 Å². The minimum atomic E-state index is -1.13. The standard InChI is InChI=1S/C9H17N3O4/c1-5(2)4-16-9(15)12-6(8(11)14)3-7(10)13/h5-6H,3-4H2,1-2H3,(H2,10,13)(H2,11,14)(H,12,15)/t6-/m0/s1. The van der Waals surface area contributed by atoms with E-state index in [4.69, 9.17) is 16.2 Å². The van der Waals surface area contributed by atoms with Crippen LogP contribution >= 0.6 is 0 Å². The predicted molar refractivity (Wildman–Crippen MR) is 56.1 cm³/mol. The summed E-state index contributed by atoms with van der Waals surface area (Å²) in [4.78, 5) is 32.6. The molecule has 0 radical (unpaired) electrons. The number of nitrogens with one attached hydrogen (secondary N) is 1. The maximum absolute atomic E-state index is 11.2. The van der Waals surface area contributed by atoms with Crippen LogP contribution < -0.4 is 16.8 Å². The highest BCUT2D eigenvalue weighted by molar-refractivity contribution is 5.89. The van der Waals surface area contributed by atoms with Crippen LogP contribution in [0.1, 0.15) is 20.3 Å². The number of hydrogen-bond acceptors (Lipinski definition) is 4. The molecule has 0 bridgehead atoms. The van der Waals surface area contributed by atoms with E-state index in [9.17, 15) is 14.4 Å². The van der Waals surface area contributed by atoms with Gasteiger partial charge in [0.05, 0.1) is 13.0 Å². The van der Waals surface area contributed by atoms with Crippen molar-refractivity contribution in [2.45, 2.75) is 26.3 Å². The van der Waals surface area contributed by atoms with Gasteiger partial charge in [-0.15, -0.1) is 0 Å². The van der Waals surface area contributed by atoms with Gasteiger partial charge in [0.25, 0.3) is 0 Å². The van der Waals surface area contributed by atoms with Crippen LogP contribution in [-0.4, -0.2) is 30.6 Å². The van der Waals surface area contributed by atoms with E-state index in [-0.39, 0.29) is 18.9 Å². The maximum atomic E-state index is 11.2. The maximum Gasteiger partial charge on any atom is 0.407 e. The van der Waals surface area contributed by atoms with Gasteiger partial charge in [-0.25, -0.2) is 4.79 Å². The van der Waals surface area contributed by atoms with E-state index in [1.165, 1.54) is 0 Å². The van der Waals surface area contributed by atoms with Gasteiger partial charge >= 0.3 is 6.09 Å². The Morgan fingerprint density at radius 2 is 1.81 bits per heavy atom. The fraction of sp³-hybridized carbons (Fsp3) is 0.667. The minimum absolute atomic E-state index is 0.175. The highest BCUT2D eigenvalue weighted by Gasteiger charge is 2.20.